The maximum absolute atomic E-state index is 11.8. The highest BCUT2D eigenvalue weighted by atomic mass is 32.2. The van der Waals surface area contributed by atoms with Crippen molar-refractivity contribution in [1.82, 2.24) is 5.32 Å². The van der Waals surface area contributed by atoms with Crippen LogP contribution in [0.3, 0.4) is 0 Å². The summed E-state index contributed by atoms with van der Waals surface area (Å²) in [7, 11) is 0. The van der Waals surface area contributed by atoms with Gasteiger partial charge in [-0.3, -0.25) is 9.59 Å². The summed E-state index contributed by atoms with van der Waals surface area (Å²) < 4.78 is 0. The summed E-state index contributed by atoms with van der Waals surface area (Å²) in [5.41, 5.74) is 1.14. The third-order valence-corrected chi connectivity index (χ3v) is 3.60. The van der Waals surface area contributed by atoms with Crippen molar-refractivity contribution in [3.05, 3.63) is 23.8 Å². The fourth-order valence-electron chi connectivity index (χ4n) is 1.58. The van der Waals surface area contributed by atoms with Gasteiger partial charge in [0.05, 0.1) is 18.0 Å². The lowest BCUT2D eigenvalue weighted by Gasteiger charge is -2.17. The fourth-order valence-corrected chi connectivity index (χ4v) is 2.37. The highest BCUT2D eigenvalue weighted by Gasteiger charge is 2.17. The molecule has 0 aliphatic carbocycles. The minimum absolute atomic E-state index is 0.0613. The number of carbonyl (C=O) groups is 2. The molecule has 1 aromatic rings. The molecule has 2 amide bonds. The smallest absolute Gasteiger partial charge is 0.251 e. The normalized spacial score (nSPS) is 15.6. The van der Waals surface area contributed by atoms with E-state index in [9.17, 15) is 9.59 Å². The molecular weight excluding hydrogens is 252 g/mol. The highest BCUT2D eigenvalue weighted by molar-refractivity contribution is 8.00. The molecule has 96 valence electrons. The summed E-state index contributed by atoms with van der Waals surface area (Å²) in [4.78, 5) is 24.1. The molecule has 0 saturated carbocycles. The average Bonchev–Trinajstić information content (AvgIpc) is 2.37. The monoisotopic (exact) mass is 266 g/mol. The van der Waals surface area contributed by atoms with Crippen LogP contribution in [0.1, 0.15) is 17.3 Å². The molecule has 1 unspecified atom stereocenters. The van der Waals surface area contributed by atoms with Crippen molar-refractivity contribution >= 4 is 29.3 Å². The lowest BCUT2D eigenvalue weighted by molar-refractivity contribution is -0.113. The largest absolute Gasteiger partial charge is 0.394 e. The Morgan fingerprint density at radius 3 is 3.11 bits per heavy atom. The number of fused-ring (bicyclic) bond motifs is 1. The molecule has 1 aliphatic heterocycles. The maximum Gasteiger partial charge on any atom is 0.251 e. The predicted molar refractivity (Wildman–Crippen MR) is 69.8 cm³/mol. The maximum atomic E-state index is 11.8. The number of hydrogen-bond donors (Lipinski definition) is 3. The SMILES string of the molecule is CC(CO)NC(=O)c1ccc2c(c1)NC(=O)CS2. The number of anilines is 1. The van der Waals surface area contributed by atoms with Crippen molar-refractivity contribution in [2.24, 2.45) is 0 Å². The lowest BCUT2D eigenvalue weighted by Crippen LogP contribution is -2.35. The third kappa shape index (κ3) is 2.83. The lowest BCUT2D eigenvalue weighted by atomic mass is 10.1. The van der Waals surface area contributed by atoms with E-state index in [-0.39, 0.29) is 24.5 Å². The molecule has 3 N–H and O–H groups in total. The number of nitrogens with one attached hydrogen (secondary N) is 2. The number of thioether (sulfide) groups is 1. The second-order valence-electron chi connectivity index (χ2n) is 4.10. The Bertz CT molecular complexity index is 490. The van der Waals surface area contributed by atoms with Crippen LogP contribution in [0.25, 0.3) is 0 Å². The number of amides is 2. The van der Waals surface area contributed by atoms with E-state index < -0.39 is 0 Å². The van der Waals surface area contributed by atoms with Gasteiger partial charge in [-0.15, -0.1) is 11.8 Å². The number of benzene rings is 1. The molecule has 1 aromatic carbocycles. The van der Waals surface area contributed by atoms with Crippen LogP contribution in [0.2, 0.25) is 0 Å². The zero-order valence-electron chi connectivity index (χ0n) is 9.90. The van der Waals surface area contributed by atoms with Crippen LogP contribution < -0.4 is 10.6 Å². The van der Waals surface area contributed by atoms with Crippen LogP contribution in [-0.4, -0.2) is 35.3 Å². The quantitative estimate of drug-likeness (QED) is 0.757. The highest BCUT2D eigenvalue weighted by Crippen LogP contribution is 2.31. The summed E-state index contributed by atoms with van der Waals surface area (Å²) >= 11 is 1.45. The molecule has 0 saturated heterocycles. The van der Waals surface area contributed by atoms with Gasteiger partial charge in [0.15, 0.2) is 0 Å². The summed E-state index contributed by atoms with van der Waals surface area (Å²) in [6.07, 6.45) is 0. The summed E-state index contributed by atoms with van der Waals surface area (Å²) in [5, 5.41) is 14.3. The third-order valence-electron chi connectivity index (χ3n) is 2.53. The minimum Gasteiger partial charge on any atom is -0.394 e. The zero-order valence-corrected chi connectivity index (χ0v) is 10.7. The topological polar surface area (TPSA) is 78.4 Å². The van der Waals surface area contributed by atoms with E-state index in [1.54, 1.807) is 19.1 Å². The van der Waals surface area contributed by atoms with E-state index in [1.165, 1.54) is 11.8 Å². The molecule has 1 atom stereocenters. The Morgan fingerprint density at radius 2 is 2.39 bits per heavy atom. The molecule has 5 nitrogen and oxygen atoms in total. The fraction of sp³-hybridized carbons (Fsp3) is 0.333. The molecule has 0 bridgehead atoms. The molecule has 18 heavy (non-hydrogen) atoms. The number of carbonyl (C=O) groups excluding carboxylic acids is 2. The first-order valence-corrected chi connectivity index (χ1v) is 6.57. The van der Waals surface area contributed by atoms with Crippen molar-refractivity contribution in [2.75, 3.05) is 17.7 Å². The van der Waals surface area contributed by atoms with Gasteiger partial charge in [0.1, 0.15) is 0 Å². The van der Waals surface area contributed by atoms with Gasteiger partial charge in [0.2, 0.25) is 5.91 Å². The van der Waals surface area contributed by atoms with Gasteiger partial charge in [-0.2, -0.15) is 0 Å². The first kappa shape index (κ1) is 12.9. The van der Waals surface area contributed by atoms with Crippen LogP contribution in [0.15, 0.2) is 23.1 Å². The van der Waals surface area contributed by atoms with Crippen molar-refractivity contribution < 1.29 is 14.7 Å². The van der Waals surface area contributed by atoms with E-state index in [0.717, 1.165) is 4.90 Å². The molecule has 1 aliphatic rings. The van der Waals surface area contributed by atoms with Crippen LogP contribution in [-0.2, 0) is 4.79 Å². The summed E-state index contributed by atoms with van der Waals surface area (Å²) in [5.74, 6) is 0.0815. The Hall–Kier alpha value is -1.53. The van der Waals surface area contributed by atoms with Gasteiger partial charge in [0.25, 0.3) is 5.91 Å². The Kier molecular flexibility index (Phi) is 3.88. The molecule has 2 rings (SSSR count). The van der Waals surface area contributed by atoms with Gasteiger partial charge in [-0.25, -0.2) is 0 Å². The number of rotatable bonds is 3. The first-order chi connectivity index (χ1) is 8.60. The van der Waals surface area contributed by atoms with Gasteiger partial charge in [0, 0.05) is 16.5 Å². The Balaban J connectivity index is 2.17. The van der Waals surface area contributed by atoms with E-state index >= 15 is 0 Å². The number of aliphatic hydroxyl groups is 1. The van der Waals surface area contributed by atoms with Gasteiger partial charge in [-0.1, -0.05) is 0 Å². The van der Waals surface area contributed by atoms with E-state index in [1.807, 2.05) is 6.07 Å². The number of aliphatic hydroxyl groups excluding tert-OH is 1. The molecular formula is C12H14N2O3S. The van der Waals surface area contributed by atoms with E-state index in [2.05, 4.69) is 10.6 Å². The molecule has 0 radical (unpaired) electrons. The zero-order chi connectivity index (χ0) is 13.1. The van der Waals surface area contributed by atoms with E-state index in [0.29, 0.717) is 17.0 Å². The summed E-state index contributed by atoms with van der Waals surface area (Å²) in [6, 6.07) is 4.89. The Morgan fingerprint density at radius 1 is 1.61 bits per heavy atom. The van der Waals surface area contributed by atoms with Gasteiger partial charge >= 0.3 is 0 Å². The van der Waals surface area contributed by atoms with Crippen LogP contribution in [0, 0.1) is 0 Å². The van der Waals surface area contributed by atoms with Gasteiger partial charge < -0.3 is 15.7 Å². The average molecular weight is 266 g/mol. The van der Waals surface area contributed by atoms with Crippen LogP contribution in [0.5, 0.6) is 0 Å². The first-order valence-electron chi connectivity index (χ1n) is 5.58. The van der Waals surface area contributed by atoms with Crippen LogP contribution >= 0.6 is 11.8 Å². The molecule has 0 fully saturated rings. The van der Waals surface area contributed by atoms with Crippen molar-refractivity contribution in [1.29, 1.82) is 0 Å². The van der Waals surface area contributed by atoms with Crippen LogP contribution in [0.4, 0.5) is 5.69 Å². The second-order valence-corrected chi connectivity index (χ2v) is 5.12. The van der Waals surface area contributed by atoms with Gasteiger partial charge in [-0.05, 0) is 25.1 Å². The molecule has 0 aromatic heterocycles. The molecule has 1 heterocycles. The standard InChI is InChI=1S/C12H14N2O3S/c1-7(5-15)13-12(17)8-2-3-10-9(4-8)14-11(16)6-18-10/h2-4,7,15H,5-6H2,1H3,(H,13,17)(H,14,16). The Labute approximate surface area is 109 Å². The number of hydrogen-bond acceptors (Lipinski definition) is 4. The molecule has 6 heteroatoms. The second kappa shape index (κ2) is 5.41. The molecule has 0 spiro atoms. The van der Waals surface area contributed by atoms with E-state index in [4.69, 9.17) is 5.11 Å². The summed E-state index contributed by atoms with van der Waals surface area (Å²) in [6.45, 7) is 1.61. The predicted octanol–water partition coefficient (Wildman–Crippen LogP) is 0.841. The minimum atomic E-state index is -0.294. The van der Waals surface area contributed by atoms with Crippen molar-refractivity contribution in [2.45, 2.75) is 17.9 Å². The van der Waals surface area contributed by atoms with Crippen molar-refractivity contribution in [3.63, 3.8) is 0 Å². The van der Waals surface area contributed by atoms with Crippen molar-refractivity contribution in [3.8, 4) is 0 Å².